The van der Waals surface area contributed by atoms with Crippen molar-refractivity contribution in [1.29, 1.82) is 5.26 Å². The number of hydrogen-bond donors (Lipinski definition) is 0. The Balaban J connectivity index is 2.55. The summed E-state index contributed by atoms with van der Waals surface area (Å²) in [5.41, 5.74) is 0.118. The van der Waals surface area contributed by atoms with Crippen LogP contribution in [0.5, 0.6) is 0 Å². The Hall–Kier alpha value is -0.840. The predicted molar refractivity (Wildman–Crippen MR) is 32.5 cm³/mol. The molecule has 1 atom stereocenters. The van der Waals surface area contributed by atoms with Gasteiger partial charge in [-0.1, -0.05) is 13.8 Å². The van der Waals surface area contributed by atoms with E-state index in [2.05, 4.69) is 0 Å². The average molecular weight is 123 g/mol. The van der Waals surface area contributed by atoms with Crippen molar-refractivity contribution in [3.05, 3.63) is 0 Å². The zero-order valence-electron chi connectivity index (χ0n) is 5.64. The van der Waals surface area contributed by atoms with Gasteiger partial charge in [0.05, 0.1) is 0 Å². The van der Waals surface area contributed by atoms with Crippen molar-refractivity contribution in [3.8, 4) is 6.07 Å². The first-order chi connectivity index (χ1) is 4.08. The fourth-order valence-corrected chi connectivity index (χ4v) is 0.993. The third-order valence-corrected chi connectivity index (χ3v) is 1.94. The maximum Gasteiger partial charge on any atom is 0.235 e. The lowest BCUT2D eigenvalue weighted by molar-refractivity contribution is -0.115. The third-order valence-electron chi connectivity index (χ3n) is 1.94. The number of carbonyl (C=O) groups excluding carboxylic acids is 1. The van der Waals surface area contributed by atoms with Gasteiger partial charge in [-0.15, -0.1) is 0 Å². The standard InChI is InChI=1S/C7H9NO/c1-7(2)3-5(7)6(9)4-8/h5H,3H2,1-2H3. The van der Waals surface area contributed by atoms with Crippen LogP contribution in [0.25, 0.3) is 0 Å². The molecule has 1 aliphatic carbocycles. The van der Waals surface area contributed by atoms with Crippen LogP contribution in [0.2, 0.25) is 0 Å². The molecule has 1 fully saturated rings. The zero-order chi connectivity index (χ0) is 7.07. The van der Waals surface area contributed by atoms with E-state index in [9.17, 15) is 4.79 Å². The van der Waals surface area contributed by atoms with Crippen LogP contribution in [0, 0.1) is 22.7 Å². The van der Waals surface area contributed by atoms with Crippen LogP contribution in [0.1, 0.15) is 20.3 Å². The molecule has 1 rings (SSSR count). The van der Waals surface area contributed by atoms with Gasteiger partial charge < -0.3 is 0 Å². The summed E-state index contributed by atoms with van der Waals surface area (Å²) in [6, 6.07) is 1.64. The van der Waals surface area contributed by atoms with Gasteiger partial charge in [-0.25, -0.2) is 0 Å². The summed E-state index contributed by atoms with van der Waals surface area (Å²) in [6.45, 7) is 4.01. The van der Waals surface area contributed by atoms with E-state index in [0.717, 1.165) is 6.42 Å². The Morgan fingerprint density at radius 3 is 2.33 bits per heavy atom. The van der Waals surface area contributed by atoms with E-state index in [4.69, 9.17) is 5.26 Å². The van der Waals surface area contributed by atoms with Crippen molar-refractivity contribution < 1.29 is 4.79 Å². The number of Topliss-reactive ketones (excluding diaryl/α,β-unsaturated/α-hetero) is 1. The Morgan fingerprint density at radius 1 is 1.78 bits per heavy atom. The van der Waals surface area contributed by atoms with E-state index >= 15 is 0 Å². The predicted octanol–water partition coefficient (Wildman–Crippen LogP) is 1.13. The molecular weight excluding hydrogens is 114 g/mol. The minimum absolute atomic E-state index is 0.0301. The molecule has 48 valence electrons. The topological polar surface area (TPSA) is 40.9 Å². The van der Waals surface area contributed by atoms with Gasteiger partial charge in [0, 0.05) is 5.92 Å². The number of carbonyl (C=O) groups is 1. The SMILES string of the molecule is CC1(C)CC1C(=O)C#N. The van der Waals surface area contributed by atoms with Crippen LogP contribution >= 0.6 is 0 Å². The summed E-state index contributed by atoms with van der Waals surface area (Å²) >= 11 is 0. The van der Waals surface area contributed by atoms with Crippen molar-refractivity contribution in [3.63, 3.8) is 0 Å². The van der Waals surface area contributed by atoms with Crippen molar-refractivity contribution in [2.24, 2.45) is 11.3 Å². The molecule has 0 aromatic heterocycles. The van der Waals surface area contributed by atoms with Gasteiger partial charge in [0.2, 0.25) is 5.78 Å². The molecule has 0 spiro atoms. The van der Waals surface area contributed by atoms with E-state index < -0.39 is 0 Å². The molecule has 0 bridgehead atoms. The molecule has 0 heterocycles. The summed E-state index contributed by atoms with van der Waals surface area (Å²) in [5, 5.41) is 8.18. The molecule has 0 amide bonds. The Bertz CT molecular complexity index is 188. The summed E-state index contributed by atoms with van der Waals surface area (Å²) in [6.07, 6.45) is 0.888. The van der Waals surface area contributed by atoms with Crippen LogP contribution in [0.15, 0.2) is 0 Å². The van der Waals surface area contributed by atoms with Crippen molar-refractivity contribution in [2.75, 3.05) is 0 Å². The molecule has 9 heavy (non-hydrogen) atoms. The molecule has 0 N–H and O–H groups in total. The second-order valence-corrected chi connectivity index (χ2v) is 3.22. The lowest BCUT2D eigenvalue weighted by Gasteiger charge is -1.93. The van der Waals surface area contributed by atoms with Gasteiger partial charge >= 0.3 is 0 Å². The molecule has 0 aliphatic heterocycles. The lowest BCUT2D eigenvalue weighted by atomic mass is 10.1. The van der Waals surface area contributed by atoms with Gasteiger partial charge in [-0.3, -0.25) is 4.79 Å². The first-order valence-corrected chi connectivity index (χ1v) is 3.02. The highest BCUT2D eigenvalue weighted by Gasteiger charge is 2.50. The molecule has 0 aromatic carbocycles. The molecule has 1 unspecified atom stereocenters. The van der Waals surface area contributed by atoms with Crippen LogP contribution < -0.4 is 0 Å². The smallest absolute Gasteiger partial charge is 0.235 e. The monoisotopic (exact) mass is 123 g/mol. The minimum Gasteiger partial charge on any atom is -0.282 e. The average Bonchev–Trinajstić information content (AvgIpc) is 2.38. The second-order valence-electron chi connectivity index (χ2n) is 3.22. The number of ketones is 1. The molecule has 1 aliphatic rings. The normalized spacial score (nSPS) is 28.8. The van der Waals surface area contributed by atoms with E-state index in [1.54, 1.807) is 6.07 Å². The van der Waals surface area contributed by atoms with Crippen LogP contribution in [0.4, 0.5) is 0 Å². The maximum atomic E-state index is 10.6. The minimum atomic E-state index is -0.250. The Labute approximate surface area is 54.5 Å². The van der Waals surface area contributed by atoms with Gasteiger partial charge in [0.25, 0.3) is 0 Å². The van der Waals surface area contributed by atoms with E-state index in [1.165, 1.54) is 0 Å². The van der Waals surface area contributed by atoms with Crippen molar-refractivity contribution >= 4 is 5.78 Å². The van der Waals surface area contributed by atoms with E-state index in [1.807, 2.05) is 13.8 Å². The summed E-state index contributed by atoms with van der Waals surface area (Å²) in [7, 11) is 0. The van der Waals surface area contributed by atoms with E-state index in [-0.39, 0.29) is 17.1 Å². The number of rotatable bonds is 1. The largest absolute Gasteiger partial charge is 0.282 e. The Kier molecular flexibility index (Phi) is 1.10. The molecule has 2 heteroatoms. The first kappa shape index (κ1) is 6.28. The van der Waals surface area contributed by atoms with Gasteiger partial charge in [0.15, 0.2) is 0 Å². The molecule has 0 aromatic rings. The van der Waals surface area contributed by atoms with Crippen LogP contribution in [0.3, 0.4) is 0 Å². The lowest BCUT2D eigenvalue weighted by Crippen LogP contribution is -2.01. The molecule has 0 radical (unpaired) electrons. The fraction of sp³-hybridized carbons (Fsp3) is 0.714. The molecule has 1 saturated carbocycles. The number of nitrogens with zero attached hydrogens (tertiary/aromatic N) is 1. The molecular formula is C7H9NO. The number of nitriles is 1. The Morgan fingerprint density at radius 2 is 2.22 bits per heavy atom. The van der Waals surface area contributed by atoms with E-state index in [0.29, 0.717) is 0 Å². The highest BCUT2D eigenvalue weighted by molar-refractivity contribution is 5.97. The fourth-order valence-electron chi connectivity index (χ4n) is 0.993. The highest BCUT2D eigenvalue weighted by atomic mass is 16.1. The number of hydrogen-bond acceptors (Lipinski definition) is 2. The van der Waals surface area contributed by atoms with Gasteiger partial charge in [0.1, 0.15) is 6.07 Å². The van der Waals surface area contributed by atoms with Gasteiger partial charge in [-0.05, 0) is 11.8 Å². The quantitative estimate of drug-likeness (QED) is 0.490. The maximum absolute atomic E-state index is 10.6. The van der Waals surface area contributed by atoms with Crippen LogP contribution in [-0.4, -0.2) is 5.78 Å². The third kappa shape index (κ3) is 0.951. The molecule has 2 nitrogen and oxygen atoms in total. The highest BCUT2D eigenvalue weighted by Crippen LogP contribution is 2.51. The second kappa shape index (κ2) is 1.57. The molecule has 0 saturated heterocycles. The summed E-state index contributed by atoms with van der Waals surface area (Å²) in [5.74, 6) is -0.220. The zero-order valence-corrected chi connectivity index (χ0v) is 5.64. The van der Waals surface area contributed by atoms with Crippen molar-refractivity contribution in [1.82, 2.24) is 0 Å². The van der Waals surface area contributed by atoms with Crippen LogP contribution in [-0.2, 0) is 4.79 Å². The van der Waals surface area contributed by atoms with Crippen molar-refractivity contribution in [2.45, 2.75) is 20.3 Å². The first-order valence-electron chi connectivity index (χ1n) is 3.02. The summed E-state index contributed by atoms with van der Waals surface area (Å²) < 4.78 is 0. The summed E-state index contributed by atoms with van der Waals surface area (Å²) in [4.78, 5) is 10.6. The van der Waals surface area contributed by atoms with Gasteiger partial charge in [-0.2, -0.15) is 5.26 Å².